The molecule has 150 valence electrons. The average Bonchev–Trinajstić information content (AvgIpc) is 3.13. The van der Waals surface area contributed by atoms with Crippen LogP contribution in [0.3, 0.4) is 0 Å². The van der Waals surface area contributed by atoms with Crippen LogP contribution in [0.2, 0.25) is 0 Å². The van der Waals surface area contributed by atoms with Crippen LogP contribution in [-0.4, -0.2) is 47.0 Å². The summed E-state index contributed by atoms with van der Waals surface area (Å²) in [6.45, 7) is 7.67. The molecule has 0 atom stereocenters. The molecule has 3 amide bonds. The molecule has 6 nitrogen and oxygen atoms in total. The molecule has 1 aliphatic carbocycles. The third kappa shape index (κ3) is 5.43. The number of carbonyl (C=O) groups excluding carboxylic acids is 2. The number of thiazole rings is 1. The molecule has 1 aromatic heterocycles. The van der Waals surface area contributed by atoms with Gasteiger partial charge in [0.1, 0.15) is 4.88 Å². The Morgan fingerprint density at radius 2 is 1.63 bits per heavy atom. The number of hydrogen-bond acceptors (Lipinski definition) is 4. The molecular formula is C20H32N4O2S. The standard InChI is InChI=1S/C20H32N4O2S/c1-20(2,3)18-21-13-16(27-18)17(25)24-11-9-15(10-12-24)23-19(26)22-14-7-5-4-6-8-14/h13-15H,4-12H2,1-3H3,(H2,22,23,26). The summed E-state index contributed by atoms with van der Waals surface area (Å²) < 4.78 is 0. The Labute approximate surface area is 166 Å². The van der Waals surface area contributed by atoms with Gasteiger partial charge in [-0.05, 0) is 25.7 Å². The minimum atomic E-state index is -0.0519. The number of aromatic nitrogens is 1. The van der Waals surface area contributed by atoms with Crippen LogP contribution >= 0.6 is 11.3 Å². The highest BCUT2D eigenvalue weighted by Gasteiger charge is 2.27. The quantitative estimate of drug-likeness (QED) is 0.824. The molecule has 0 radical (unpaired) electrons. The highest BCUT2D eigenvalue weighted by molar-refractivity contribution is 7.13. The van der Waals surface area contributed by atoms with Crippen LogP contribution in [0.1, 0.15) is 80.4 Å². The fourth-order valence-electron chi connectivity index (χ4n) is 3.76. The lowest BCUT2D eigenvalue weighted by atomic mass is 9.96. The molecule has 7 heteroatoms. The van der Waals surface area contributed by atoms with E-state index in [2.05, 4.69) is 36.4 Å². The average molecular weight is 393 g/mol. The summed E-state index contributed by atoms with van der Waals surface area (Å²) in [5, 5.41) is 7.19. The molecule has 27 heavy (non-hydrogen) atoms. The van der Waals surface area contributed by atoms with Crippen molar-refractivity contribution >= 4 is 23.3 Å². The van der Waals surface area contributed by atoms with E-state index in [1.54, 1.807) is 6.20 Å². The van der Waals surface area contributed by atoms with E-state index in [-0.39, 0.29) is 23.4 Å². The summed E-state index contributed by atoms with van der Waals surface area (Å²) in [4.78, 5) is 31.9. The van der Waals surface area contributed by atoms with E-state index in [0.29, 0.717) is 24.0 Å². The van der Waals surface area contributed by atoms with Crippen LogP contribution in [0.5, 0.6) is 0 Å². The molecule has 0 bridgehead atoms. The zero-order valence-electron chi connectivity index (χ0n) is 16.7. The molecule has 2 heterocycles. The molecule has 2 fully saturated rings. The Kier molecular flexibility index (Phi) is 6.40. The number of nitrogens with one attached hydrogen (secondary N) is 2. The van der Waals surface area contributed by atoms with Gasteiger partial charge >= 0.3 is 6.03 Å². The maximum absolute atomic E-state index is 12.7. The Bertz CT molecular complexity index is 653. The summed E-state index contributed by atoms with van der Waals surface area (Å²) in [5.41, 5.74) is -0.0359. The minimum Gasteiger partial charge on any atom is -0.338 e. The van der Waals surface area contributed by atoms with E-state index in [0.717, 1.165) is 30.7 Å². The van der Waals surface area contributed by atoms with Crippen molar-refractivity contribution in [1.29, 1.82) is 0 Å². The van der Waals surface area contributed by atoms with E-state index in [1.807, 2.05) is 4.90 Å². The third-order valence-corrected chi connectivity index (χ3v) is 6.83. The molecule has 0 spiro atoms. The predicted octanol–water partition coefficient (Wildman–Crippen LogP) is 3.68. The molecule has 1 aliphatic heterocycles. The monoisotopic (exact) mass is 392 g/mol. The van der Waals surface area contributed by atoms with Crippen molar-refractivity contribution in [3.8, 4) is 0 Å². The highest BCUT2D eigenvalue weighted by Crippen LogP contribution is 2.28. The molecule has 2 N–H and O–H groups in total. The molecule has 0 aromatic carbocycles. The van der Waals surface area contributed by atoms with E-state index in [1.165, 1.54) is 30.6 Å². The highest BCUT2D eigenvalue weighted by atomic mass is 32.1. The van der Waals surface area contributed by atoms with E-state index < -0.39 is 0 Å². The Morgan fingerprint density at radius 1 is 1.04 bits per heavy atom. The smallest absolute Gasteiger partial charge is 0.315 e. The Hall–Kier alpha value is -1.63. The lowest BCUT2D eigenvalue weighted by Crippen LogP contribution is -2.51. The summed E-state index contributed by atoms with van der Waals surface area (Å²) >= 11 is 1.49. The second-order valence-corrected chi connectivity index (χ2v) is 9.83. The first-order valence-electron chi connectivity index (χ1n) is 10.2. The van der Waals surface area contributed by atoms with Gasteiger partial charge in [-0.15, -0.1) is 11.3 Å². The van der Waals surface area contributed by atoms with Crippen LogP contribution in [-0.2, 0) is 5.41 Å². The van der Waals surface area contributed by atoms with Gasteiger partial charge in [-0.2, -0.15) is 0 Å². The molecule has 1 aromatic rings. The number of urea groups is 1. The normalized spacial score (nSPS) is 19.7. The van der Waals surface area contributed by atoms with Crippen molar-refractivity contribution in [2.45, 2.75) is 83.2 Å². The molecular weight excluding hydrogens is 360 g/mol. The lowest BCUT2D eigenvalue weighted by Gasteiger charge is -2.32. The van der Waals surface area contributed by atoms with Gasteiger partial charge in [0, 0.05) is 30.6 Å². The van der Waals surface area contributed by atoms with Crippen molar-refractivity contribution in [2.24, 2.45) is 0 Å². The van der Waals surface area contributed by atoms with Crippen LogP contribution in [0.4, 0.5) is 4.79 Å². The van der Waals surface area contributed by atoms with Crippen molar-refractivity contribution in [3.05, 3.63) is 16.1 Å². The second kappa shape index (κ2) is 8.59. The van der Waals surface area contributed by atoms with Crippen LogP contribution in [0, 0.1) is 0 Å². The first kappa shape index (κ1) is 20.1. The number of hydrogen-bond donors (Lipinski definition) is 2. The fourth-order valence-corrected chi connectivity index (χ4v) is 4.70. The zero-order chi connectivity index (χ0) is 19.4. The number of amides is 3. The van der Waals surface area contributed by atoms with E-state index in [4.69, 9.17) is 0 Å². The largest absolute Gasteiger partial charge is 0.338 e. The summed E-state index contributed by atoms with van der Waals surface area (Å²) in [6, 6.07) is 0.414. The summed E-state index contributed by atoms with van der Waals surface area (Å²) in [7, 11) is 0. The van der Waals surface area contributed by atoms with Gasteiger partial charge in [0.25, 0.3) is 5.91 Å². The van der Waals surface area contributed by atoms with E-state index >= 15 is 0 Å². The molecule has 1 saturated carbocycles. The fraction of sp³-hybridized carbons (Fsp3) is 0.750. The zero-order valence-corrected chi connectivity index (χ0v) is 17.5. The Morgan fingerprint density at radius 3 is 2.19 bits per heavy atom. The number of nitrogens with zero attached hydrogens (tertiary/aromatic N) is 2. The van der Waals surface area contributed by atoms with Gasteiger partial charge in [0.15, 0.2) is 0 Å². The van der Waals surface area contributed by atoms with Gasteiger partial charge < -0.3 is 15.5 Å². The minimum absolute atomic E-state index is 0.0359. The van der Waals surface area contributed by atoms with Crippen molar-refractivity contribution in [2.75, 3.05) is 13.1 Å². The van der Waals surface area contributed by atoms with Crippen molar-refractivity contribution in [1.82, 2.24) is 20.5 Å². The van der Waals surface area contributed by atoms with Gasteiger partial charge in [-0.3, -0.25) is 4.79 Å². The first-order valence-corrected chi connectivity index (χ1v) is 11.0. The number of rotatable bonds is 3. The van der Waals surface area contributed by atoms with Crippen molar-refractivity contribution < 1.29 is 9.59 Å². The Balaban J connectivity index is 1.44. The van der Waals surface area contributed by atoms with Crippen LogP contribution < -0.4 is 10.6 Å². The van der Waals surface area contributed by atoms with Gasteiger partial charge in [-0.25, -0.2) is 9.78 Å². The maximum Gasteiger partial charge on any atom is 0.315 e. The molecule has 1 saturated heterocycles. The lowest BCUT2D eigenvalue weighted by molar-refractivity contribution is 0.0713. The number of piperidine rings is 1. The molecule has 0 unspecified atom stereocenters. The first-order chi connectivity index (χ1) is 12.8. The van der Waals surface area contributed by atoms with Crippen molar-refractivity contribution in [3.63, 3.8) is 0 Å². The second-order valence-electron chi connectivity index (χ2n) is 8.80. The van der Waals surface area contributed by atoms with E-state index in [9.17, 15) is 9.59 Å². The topological polar surface area (TPSA) is 74.3 Å². The number of carbonyl (C=O) groups is 2. The third-order valence-electron chi connectivity index (χ3n) is 5.42. The summed E-state index contributed by atoms with van der Waals surface area (Å²) in [5.74, 6) is 0.0631. The predicted molar refractivity (Wildman–Crippen MR) is 108 cm³/mol. The molecule has 2 aliphatic rings. The van der Waals surface area contributed by atoms with Crippen LogP contribution in [0.25, 0.3) is 0 Å². The van der Waals surface area contributed by atoms with Gasteiger partial charge in [0.2, 0.25) is 0 Å². The van der Waals surface area contributed by atoms with Gasteiger partial charge in [0.05, 0.1) is 11.2 Å². The number of likely N-dealkylation sites (tertiary alicyclic amines) is 1. The molecule has 3 rings (SSSR count). The summed E-state index contributed by atoms with van der Waals surface area (Å²) in [6.07, 6.45) is 9.18. The van der Waals surface area contributed by atoms with Crippen LogP contribution in [0.15, 0.2) is 6.20 Å². The van der Waals surface area contributed by atoms with Gasteiger partial charge in [-0.1, -0.05) is 40.0 Å². The maximum atomic E-state index is 12.7. The SMILES string of the molecule is CC(C)(C)c1ncc(C(=O)N2CCC(NC(=O)NC3CCCCC3)CC2)s1.